The Kier molecular flexibility index (Phi) is 3.48. The molecule has 1 aliphatic rings. The van der Waals surface area contributed by atoms with Gasteiger partial charge in [-0.1, -0.05) is 0 Å². The van der Waals surface area contributed by atoms with Crippen molar-refractivity contribution in [3.8, 4) is 6.01 Å². The van der Waals surface area contributed by atoms with Crippen molar-refractivity contribution in [3.05, 3.63) is 0 Å². The van der Waals surface area contributed by atoms with Crippen molar-refractivity contribution in [2.45, 2.75) is 19.4 Å². The number of hydrazine groups is 1. The molecule has 0 aromatic carbocycles. The number of anilines is 2. The van der Waals surface area contributed by atoms with Crippen LogP contribution in [0.25, 0.3) is 0 Å². The summed E-state index contributed by atoms with van der Waals surface area (Å²) in [4.78, 5) is 14.4. The monoisotopic (exact) mass is 254 g/mol. The number of rotatable bonds is 3. The SMILES string of the molecule is COc1nc(NN)nc(N2CCOC(C)(C)C2)n1. The Labute approximate surface area is 105 Å². The van der Waals surface area contributed by atoms with Crippen LogP contribution in [0.4, 0.5) is 11.9 Å². The van der Waals surface area contributed by atoms with E-state index in [1.165, 1.54) is 7.11 Å². The van der Waals surface area contributed by atoms with Crippen LogP contribution >= 0.6 is 0 Å². The van der Waals surface area contributed by atoms with Gasteiger partial charge in [-0.25, -0.2) is 5.84 Å². The minimum absolute atomic E-state index is 0.228. The van der Waals surface area contributed by atoms with Crippen LogP contribution in [0.5, 0.6) is 6.01 Å². The van der Waals surface area contributed by atoms with Crippen molar-refractivity contribution >= 4 is 11.9 Å². The topological polar surface area (TPSA) is 98.4 Å². The van der Waals surface area contributed by atoms with Gasteiger partial charge in [-0.3, -0.25) is 5.43 Å². The first-order chi connectivity index (χ1) is 8.54. The molecule has 18 heavy (non-hydrogen) atoms. The lowest BCUT2D eigenvalue weighted by Gasteiger charge is -2.38. The maximum atomic E-state index is 5.65. The van der Waals surface area contributed by atoms with Crippen molar-refractivity contribution in [2.75, 3.05) is 37.1 Å². The van der Waals surface area contributed by atoms with E-state index in [-0.39, 0.29) is 17.6 Å². The van der Waals surface area contributed by atoms with Gasteiger partial charge in [0.2, 0.25) is 11.9 Å². The van der Waals surface area contributed by atoms with Crippen LogP contribution in [0, 0.1) is 0 Å². The van der Waals surface area contributed by atoms with E-state index in [9.17, 15) is 0 Å². The number of ether oxygens (including phenoxy) is 2. The molecule has 0 spiro atoms. The summed E-state index contributed by atoms with van der Waals surface area (Å²) in [6.07, 6.45) is 0. The molecule has 1 fully saturated rings. The molecule has 2 rings (SSSR count). The first kappa shape index (κ1) is 12.8. The largest absolute Gasteiger partial charge is 0.467 e. The van der Waals surface area contributed by atoms with Crippen molar-refractivity contribution in [1.82, 2.24) is 15.0 Å². The highest BCUT2D eigenvalue weighted by molar-refractivity contribution is 5.38. The lowest BCUT2D eigenvalue weighted by Crippen LogP contribution is -2.49. The van der Waals surface area contributed by atoms with Crippen molar-refractivity contribution < 1.29 is 9.47 Å². The number of hydrogen-bond donors (Lipinski definition) is 2. The van der Waals surface area contributed by atoms with E-state index in [2.05, 4.69) is 20.4 Å². The lowest BCUT2D eigenvalue weighted by molar-refractivity contribution is -0.0281. The van der Waals surface area contributed by atoms with Gasteiger partial charge >= 0.3 is 6.01 Å². The fourth-order valence-electron chi connectivity index (χ4n) is 1.83. The normalized spacial score (nSPS) is 18.6. The Bertz CT molecular complexity index is 403. The smallest absolute Gasteiger partial charge is 0.322 e. The van der Waals surface area contributed by atoms with Gasteiger partial charge in [0.25, 0.3) is 0 Å². The third-order valence-electron chi connectivity index (χ3n) is 2.62. The number of aromatic nitrogens is 3. The summed E-state index contributed by atoms with van der Waals surface area (Å²) in [5.74, 6) is 6.14. The quantitative estimate of drug-likeness (QED) is 0.564. The van der Waals surface area contributed by atoms with Gasteiger partial charge in [-0.2, -0.15) is 15.0 Å². The van der Waals surface area contributed by atoms with E-state index >= 15 is 0 Å². The molecule has 0 radical (unpaired) electrons. The van der Waals surface area contributed by atoms with Crippen LogP contribution < -0.4 is 20.9 Å². The van der Waals surface area contributed by atoms with E-state index in [1.54, 1.807) is 0 Å². The summed E-state index contributed by atoms with van der Waals surface area (Å²) < 4.78 is 10.7. The molecule has 0 saturated carbocycles. The highest BCUT2D eigenvalue weighted by Crippen LogP contribution is 2.21. The summed E-state index contributed by atoms with van der Waals surface area (Å²) in [7, 11) is 1.50. The minimum atomic E-state index is -0.228. The summed E-state index contributed by atoms with van der Waals surface area (Å²) >= 11 is 0. The van der Waals surface area contributed by atoms with E-state index in [1.807, 2.05) is 18.7 Å². The van der Waals surface area contributed by atoms with Gasteiger partial charge in [-0.05, 0) is 13.8 Å². The van der Waals surface area contributed by atoms with Crippen molar-refractivity contribution in [3.63, 3.8) is 0 Å². The van der Waals surface area contributed by atoms with Crippen LogP contribution in [0.2, 0.25) is 0 Å². The van der Waals surface area contributed by atoms with Crippen molar-refractivity contribution in [1.29, 1.82) is 0 Å². The van der Waals surface area contributed by atoms with Crippen LogP contribution in [-0.4, -0.2) is 47.4 Å². The average Bonchev–Trinajstić information content (AvgIpc) is 2.37. The zero-order valence-corrected chi connectivity index (χ0v) is 10.8. The molecule has 1 aromatic heterocycles. The Morgan fingerprint density at radius 2 is 2.17 bits per heavy atom. The highest BCUT2D eigenvalue weighted by Gasteiger charge is 2.29. The fraction of sp³-hybridized carbons (Fsp3) is 0.700. The molecule has 2 heterocycles. The standard InChI is InChI=1S/C10H18N6O2/c1-10(2)6-16(4-5-18-10)8-12-7(15-11)13-9(14-8)17-3/h4-6,11H2,1-3H3,(H,12,13,14,15). The maximum Gasteiger partial charge on any atom is 0.322 e. The molecule has 0 unspecified atom stereocenters. The predicted octanol–water partition coefficient (Wildman–Crippen LogP) is -0.219. The zero-order valence-electron chi connectivity index (χ0n) is 10.8. The lowest BCUT2D eigenvalue weighted by atomic mass is 10.1. The Hall–Kier alpha value is -1.67. The Morgan fingerprint density at radius 3 is 2.78 bits per heavy atom. The second kappa shape index (κ2) is 4.91. The van der Waals surface area contributed by atoms with Gasteiger partial charge in [0.15, 0.2) is 0 Å². The van der Waals surface area contributed by atoms with Gasteiger partial charge in [0.05, 0.1) is 19.3 Å². The second-order valence-corrected chi connectivity index (χ2v) is 4.62. The van der Waals surface area contributed by atoms with Crippen LogP contribution in [0.3, 0.4) is 0 Å². The second-order valence-electron chi connectivity index (χ2n) is 4.62. The molecule has 8 nitrogen and oxygen atoms in total. The predicted molar refractivity (Wildman–Crippen MR) is 66.4 cm³/mol. The summed E-state index contributed by atoms with van der Waals surface area (Å²) in [6.45, 7) is 6.11. The van der Waals surface area contributed by atoms with E-state index in [0.717, 1.165) is 6.54 Å². The molecule has 100 valence electrons. The molecular weight excluding hydrogens is 236 g/mol. The maximum absolute atomic E-state index is 5.65. The third kappa shape index (κ3) is 2.77. The molecule has 0 bridgehead atoms. The number of nitrogen functional groups attached to an aromatic ring is 1. The average molecular weight is 254 g/mol. The molecule has 1 aliphatic heterocycles. The molecule has 0 atom stereocenters. The molecule has 0 aliphatic carbocycles. The van der Waals surface area contributed by atoms with Gasteiger partial charge in [-0.15, -0.1) is 0 Å². The van der Waals surface area contributed by atoms with E-state index < -0.39 is 0 Å². The number of nitrogens with two attached hydrogens (primary N) is 1. The summed E-state index contributed by atoms with van der Waals surface area (Å²) in [5.41, 5.74) is 2.17. The number of nitrogens with one attached hydrogen (secondary N) is 1. The van der Waals surface area contributed by atoms with Crippen LogP contribution in [-0.2, 0) is 4.74 Å². The third-order valence-corrected chi connectivity index (χ3v) is 2.62. The molecule has 3 N–H and O–H groups in total. The summed E-state index contributed by atoms with van der Waals surface area (Å²) in [6, 6.07) is 0.234. The van der Waals surface area contributed by atoms with Crippen LogP contribution in [0.1, 0.15) is 13.8 Å². The Balaban J connectivity index is 2.26. The number of morpholine rings is 1. The van der Waals surface area contributed by atoms with E-state index in [4.69, 9.17) is 15.3 Å². The Morgan fingerprint density at radius 1 is 1.39 bits per heavy atom. The number of nitrogens with zero attached hydrogens (tertiary/aromatic N) is 4. The molecule has 0 amide bonds. The first-order valence-corrected chi connectivity index (χ1v) is 5.70. The zero-order chi connectivity index (χ0) is 13.2. The molecular formula is C10H18N6O2. The number of hydrogen-bond acceptors (Lipinski definition) is 8. The molecule has 1 aromatic rings. The summed E-state index contributed by atoms with van der Waals surface area (Å²) in [5, 5.41) is 0. The van der Waals surface area contributed by atoms with Crippen molar-refractivity contribution in [2.24, 2.45) is 5.84 Å². The molecule has 8 heteroatoms. The first-order valence-electron chi connectivity index (χ1n) is 5.70. The van der Waals surface area contributed by atoms with Crippen LogP contribution in [0.15, 0.2) is 0 Å². The van der Waals surface area contributed by atoms with E-state index in [0.29, 0.717) is 19.1 Å². The van der Waals surface area contributed by atoms with Gasteiger partial charge in [0, 0.05) is 13.1 Å². The highest BCUT2D eigenvalue weighted by atomic mass is 16.5. The fourth-order valence-corrected chi connectivity index (χ4v) is 1.83. The van der Waals surface area contributed by atoms with Gasteiger partial charge in [0.1, 0.15) is 0 Å². The molecule has 1 saturated heterocycles. The minimum Gasteiger partial charge on any atom is -0.467 e. The number of methoxy groups -OCH3 is 1. The van der Waals surface area contributed by atoms with Gasteiger partial charge < -0.3 is 14.4 Å².